The van der Waals surface area contributed by atoms with Crippen LogP contribution in [0.5, 0.6) is 0 Å². The van der Waals surface area contributed by atoms with E-state index in [2.05, 4.69) is 5.32 Å². The van der Waals surface area contributed by atoms with E-state index in [9.17, 15) is 14.4 Å². The van der Waals surface area contributed by atoms with Gasteiger partial charge >= 0.3 is 11.9 Å². The van der Waals surface area contributed by atoms with E-state index < -0.39 is 11.9 Å². The third-order valence-corrected chi connectivity index (χ3v) is 5.98. The Balaban J connectivity index is 1.35. The van der Waals surface area contributed by atoms with Crippen LogP contribution in [0.1, 0.15) is 24.0 Å². The summed E-state index contributed by atoms with van der Waals surface area (Å²) in [5.41, 5.74) is 2.77. The van der Waals surface area contributed by atoms with Gasteiger partial charge in [-0.1, -0.05) is 12.1 Å². The van der Waals surface area contributed by atoms with E-state index in [1.54, 1.807) is 0 Å². The lowest BCUT2D eigenvalue weighted by molar-refractivity contribution is -0.157. The predicted molar refractivity (Wildman–Crippen MR) is 88.6 cm³/mol. The van der Waals surface area contributed by atoms with Crippen LogP contribution in [-0.2, 0) is 23.9 Å². The van der Waals surface area contributed by atoms with Crippen LogP contribution in [0.4, 0.5) is 5.69 Å². The van der Waals surface area contributed by atoms with Crippen molar-refractivity contribution in [2.75, 3.05) is 11.9 Å². The topological polar surface area (TPSA) is 81.7 Å². The molecule has 3 aliphatic rings. The number of amides is 1. The third-order valence-electron chi connectivity index (χ3n) is 5.98. The number of hydrogen-bond donors (Lipinski definition) is 1. The second-order valence-corrected chi connectivity index (χ2v) is 7.33. The molecule has 1 amide bonds. The molecule has 0 radical (unpaired) electrons. The lowest BCUT2D eigenvalue weighted by Gasteiger charge is -2.22. The molecule has 2 aliphatic carbocycles. The van der Waals surface area contributed by atoms with E-state index >= 15 is 0 Å². The zero-order valence-electron chi connectivity index (χ0n) is 14.3. The number of hydrogen-bond acceptors (Lipinski definition) is 5. The van der Waals surface area contributed by atoms with Crippen LogP contribution in [0.25, 0.3) is 0 Å². The van der Waals surface area contributed by atoms with Crippen molar-refractivity contribution in [2.24, 2.45) is 23.7 Å². The van der Waals surface area contributed by atoms with Gasteiger partial charge in [0.1, 0.15) is 6.10 Å². The van der Waals surface area contributed by atoms with E-state index in [4.69, 9.17) is 9.47 Å². The van der Waals surface area contributed by atoms with Crippen LogP contribution >= 0.6 is 0 Å². The number of benzene rings is 1. The quantitative estimate of drug-likeness (QED) is 0.846. The Labute approximate surface area is 145 Å². The molecule has 3 fully saturated rings. The van der Waals surface area contributed by atoms with Gasteiger partial charge in [-0.05, 0) is 49.8 Å². The summed E-state index contributed by atoms with van der Waals surface area (Å²) in [5.74, 6) is -1.65. The highest BCUT2D eigenvalue weighted by Gasteiger charge is 2.64. The summed E-state index contributed by atoms with van der Waals surface area (Å²) in [6, 6.07) is 5.64. The fourth-order valence-electron chi connectivity index (χ4n) is 4.63. The van der Waals surface area contributed by atoms with Crippen LogP contribution in [0.15, 0.2) is 18.2 Å². The van der Waals surface area contributed by atoms with Crippen molar-refractivity contribution in [3.8, 4) is 0 Å². The molecule has 1 aromatic carbocycles. The molecular formula is C19H21NO5. The number of aryl methyl sites for hydroxylation is 1. The highest BCUT2D eigenvalue weighted by atomic mass is 16.6. The SMILES string of the molecule is Cc1cccc(NC(=O)COC(=O)[C@@H]2[C@@H]3C[C@@H]4[C@H]2C(=O)O[C@H]4C3)c1C. The lowest BCUT2D eigenvalue weighted by atomic mass is 9.80. The van der Waals surface area contributed by atoms with E-state index in [-0.39, 0.29) is 42.3 Å². The number of carbonyl (C=O) groups excluding carboxylic acids is 3. The summed E-state index contributed by atoms with van der Waals surface area (Å²) >= 11 is 0. The maximum Gasteiger partial charge on any atom is 0.310 e. The normalized spacial score (nSPS) is 31.8. The van der Waals surface area contributed by atoms with Crippen LogP contribution in [-0.4, -0.2) is 30.6 Å². The van der Waals surface area contributed by atoms with Crippen LogP contribution in [0, 0.1) is 37.5 Å². The predicted octanol–water partition coefficient (Wildman–Crippen LogP) is 1.98. The van der Waals surface area contributed by atoms with Gasteiger partial charge in [0.25, 0.3) is 5.91 Å². The van der Waals surface area contributed by atoms with E-state index in [0.29, 0.717) is 5.69 Å². The zero-order chi connectivity index (χ0) is 17.7. The molecule has 6 heteroatoms. The number of carbonyl (C=O) groups is 3. The summed E-state index contributed by atoms with van der Waals surface area (Å²) in [7, 11) is 0. The average Bonchev–Trinajstić information content (AvgIpc) is 3.19. The smallest absolute Gasteiger partial charge is 0.310 e. The van der Waals surface area contributed by atoms with Crippen molar-refractivity contribution < 1.29 is 23.9 Å². The third kappa shape index (κ3) is 2.60. The monoisotopic (exact) mass is 343 g/mol. The molecule has 0 unspecified atom stereocenters. The van der Waals surface area contributed by atoms with Crippen LogP contribution in [0.2, 0.25) is 0 Å². The lowest BCUT2D eigenvalue weighted by Crippen LogP contribution is -2.35. The number of rotatable bonds is 4. The minimum absolute atomic E-state index is 0.0147. The molecule has 2 saturated carbocycles. The fourth-order valence-corrected chi connectivity index (χ4v) is 4.63. The van der Waals surface area contributed by atoms with Crippen LogP contribution < -0.4 is 5.32 Å². The van der Waals surface area contributed by atoms with E-state index in [1.165, 1.54) is 0 Å². The minimum Gasteiger partial charge on any atom is -0.462 e. The number of fused-ring (bicyclic) bond motifs is 1. The molecule has 2 bridgehead atoms. The molecule has 25 heavy (non-hydrogen) atoms. The first-order chi connectivity index (χ1) is 12.0. The summed E-state index contributed by atoms with van der Waals surface area (Å²) in [5, 5.41) is 2.77. The molecule has 1 N–H and O–H groups in total. The average molecular weight is 343 g/mol. The van der Waals surface area contributed by atoms with Crippen molar-refractivity contribution in [1.29, 1.82) is 0 Å². The van der Waals surface area contributed by atoms with Crippen molar-refractivity contribution in [2.45, 2.75) is 32.8 Å². The maximum absolute atomic E-state index is 12.4. The van der Waals surface area contributed by atoms with Gasteiger partial charge in [-0.25, -0.2) is 0 Å². The molecule has 1 aliphatic heterocycles. The van der Waals surface area contributed by atoms with Gasteiger partial charge in [-0.3, -0.25) is 14.4 Å². The molecule has 0 spiro atoms. The molecule has 5 atom stereocenters. The highest BCUT2D eigenvalue weighted by molar-refractivity contribution is 5.94. The number of esters is 2. The number of ether oxygens (including phenoxy) is 2. The molecular weight excluding hydrogens is 322 g/mol. The Morgan fingerprint density at radius 2 is 2.08 bits per heavy atom. The first-order valence-corrected chi connectivity index (χ1v) is 8.69. The standard InChI is InChI=1S/C19H21NO5/c1-9-4-3-5-13(10(9)2)20-15(21)8-24-18(22)16-11-6-12-14(7-11)25-19(23)17(12)16/h3-5,11-12,14,16-17H,6-8H2,1-2H3,(H,20,21)/t11-,12+,14+,16-,17-/m1/s1. The van der Waals surface area contributed by atoms with Crippen LogP contribution in [0.3, 0.4) is 0 Å². The van der Waals surface area contributed by atoms with Gasteiger partial charge in [0, 0.05) is 11.6 Å². The van der Waals surface area contributed by atoms with E-state index in [0.717, 1.165) is 24.0 Å². The molecule has 0 aromatic heterocycles. The molecule has 1 heterocycles. The first-order valence-electron chi connectivity index (χ1n) is 8.69. The Morgan fingerprint density at radius 1 is 1.28 bits per heavy atom. The summed E-state index contributed by atoms with van der Waals surface area (Å²) in [6.45, 7) is 3.55. The Kier molecular flexibility index (Phi) is 3.78. The Bertz CT molecular complexity index is 756. The summed E-state index contributed by atoms with van der Waals surface area (Å²) in [6.07, 6.45) is 1.57. The van der Waals surface area contributed by atoms with Gasteiger partial charge in [0.05, 0.1) is 11.8 Å². The molecule has 1 aromatic rings. The van der Waals surface area contributed by atoms with E-state index in [1.807, 2.05) is 32.0 Å². The van der Waals surface area contributed by atoms with Crippen molar-refractivity contribution in [3.63, 3.8) is 0 Å². The van der Waals surface area contributed by atoms with Crippen molar-refractivity contribution in [1.82, 2.24) is 0 Å². The van der Waals surface area contributed by atoms with Crippen molar-refractivity contribution >= 4 is 23.5 Å². The molecule has 132 valence electrons. The maximum atomic E-state index is 12.4. The second kappa shape index (κ2) is 5.86. The number of nitrogens with one attached hydrogen (secondary N) is 1. The van der Waals surface area contributed by atoms with Gasteiger partial charge in [0.15, 0.2) is 6.61 Å². The first kappa shape index (κ1) is 16.1. The number of anilines is 1. The summed E-state index contributed by atoms with van der Waals surface area (Å²) in [4.78, 5) is 36.5. The van der Waals surface area contributed by atoms with Crippen molar-refractivity contribution in [3.05, 3.63) is 29.3 Å². The molecule has 1 saturated heterocycles. The largest absolute Gasteiger partial charge is 0.462 e. The van der Waals surface area contributed by atoms with Gasteiger partial charge in [0.2, 0.25) is 0 Å². The Hall–Kier alpha value is -2.37. The van der Waals surface area contributed by atoms with Gasteiger partial charge in [-0.15, -0.1) is 0 Å². The van der Waals surface area contributed by atoms with Gasteiger partial charge < -0.3 is 14.8 Å². The summed E-state index contributed by atoms with van der Waals surface area (Å²) < 4.78 is 10.5. The fraction of sp³-hybridized carbons (Fsp3) is 0.526. The minimum atomic E-state index is -0.454. The second-order valence-electron chi connectivity index (χ2n) is 7.33. The highest BCUT2D eigenvalue weighted by Crippen LogP contribution is 2.57. The van der Waals surface area contributed by atoms with Gasteiger partial charge in [-0.2, -0.15) is 0 Å². The zero-order valence-corrected chi connectivity index (χ0v) is 14.3. The molecule has 4 rings (SSSR count). The molecule has 6 nitrogen and oxygen atoms in total. The Morgan fingerprint density at radius 3 is 2.88 bits per heavy atom.